The predicted octanol–water partition coefficient (Wildman–Crippen LogP) is 6.45. The number of ether oxygens (including phenoxy) is 1. The Morgan fingerprint density at radius 2 is 1.55 bits per heavy atom. The largest absolute Gasteiger partial charge is 0.508 e. The second-order valence-corrected chi connectivity index (χ2v) is 14.6. The average molecular weight is 761 g/mol. The van der Waals surface area contributed by atoms with Gasteiger partial charge in [-0.1, -0.05) is 54.1 Å². The molecule has 4 heterocycles. The maximum atomic E-state index is 15.2. The maximum Gasteiger partial charge on any atom is 0.407 e. The van der Waals surface area contributed by atoms with Gasteiger partial charge in [0.05, 0.1) is 35.2 Å². The number of morpholine rings is 1. The second-order valence-electron chi connectivity index (χ2n) is 14.2. The first-order chi connectivity index (χ1) is 26.7. The number of rotatable bonds is 7. The molecule has 1 aromatic heterocycles. The van der Waals surface area contributed by atoms with Gasteiger partial charge in [-0.3, -0.25) is 19.4 Å². The zero-order chi connectivity index (χ0) is 38.2. The van der Waals surface area contributed by atoms with Gasteiger partial charge >= 0.3 is 6.09 Å². The topological polar surface area (TPSA) is 132 Å². The summed E-state index contributed by atoms with van der Waals surface area (Å²) in [4.78, 5) is 48.9. The van der Waals surface area contributed by atoms with Gasteiger partial charge in [-0.2, -0.15) is 5.10 Å². The second kappa shape index (κ2) is 15.2. The lowest BCUT2D eigenvalue weighted by Gasteiger charge is -2.41. The lowest BCUT2D eigenvalue weighted by molar-refractivity contribution is 0.0192. The molecule has 0 unspecified atom stereocenters. The van der Waals surface area contributed by atoms with E-state index in [2.05, 4.69) is 17.0 Å². The number of aromatic hydroxyl groups is 1. The first kappa shape index (κ1) is 36.3. The molecule has 3 aliphatic rings. The fraction of sp³-hybridized carbons (Fsp3) is 0.286. The van der Waals surface area contributed by atoms with E-state index >= 15 is 4.79 Å². The Kier molecular flexibility index (Phi) is 10.0. The quantitative estimate of drug-likeness (QED) is 0.194. The number of hydrogen-bond donors (Lipinski definition) is 2. The molecule has 5 aromatic rings. The van der Waals surface area contributed by atoms with Crippen LogP contribution < -0.4 is 4.90 Å². The average Bonchev–Trinajstić information content (AvgIpc) is 3.51. The lowest BCUT2D eigenvalue weighted by atomic mass is 9.91. The molecule has 13 heteroatoms. The van der Waals surface area contributed by atoms with Gasteiger partial charge in [0.1, 0.15) is 5.75 Å². The summed E-state index contributed by atoms with van der Waals surface area (Å²) in [5.74, 6) is -0.653. The molecule has 0 saturated carbocycles. The summed E-state index contributed by atoms with van der Waals surface area (Å²) in [5.41, 5.74) is 6.27. The number of phenols is 1. The molecule has 55 heavy (non-hydrogen) atoms. The number of fused-ring (bicyclic) bond motifs is 2. The zero-order valence-electron chi connectivity index (χ0n) is 30.4. The monoisotopic (exact) mass is 760 g/mol. The van der Waals surface area contributed by atoms with Crippen LogP contribution in [0.25, 0.3) is 5.69 Å². The highest BCUT2D eigenvalue weighted by Gasteiger charge is 2.36. The molecule has 1 saturated heterocycles. The summed E-state index contributed by atoms with van der Waals surface area (Å²) in [6.45, 7) is 6.13. The molecule has 0 radical (unpaired) electrons. The number of nitrogens with zero attached hydrogens (tertiary/aromatic N) is 6. The third-order valence-corrected chi connectivity index (χ3v) is 11.3. The van der Waals surface area contributed by atoms with Crippen molar-refractivity contribution in [3.05, 3.63) is 135 Å². The van der Waals surface area contributed by atoms with Crippen molar-refractivity contribution in [3.8, 4) is 11.4 Å². The molecule has 2 N–H and O–H groups in total. The minimum atomic E-state index is -1.02. The number of amides is 3. The Labute approximate surface area is 323 Å². The van der Waals surface area contributed by atoms with E-state index in [1.807, 2.05) is 41.3 Å². The third-order valence-electron chi connectivity index (χ3n) is 10.8. The minimum absolute atomic E-state index is 0.0126. The molecule has 1 fully saturated rings. The van der Waals surface area contributed by atoms with E-state index in [9.17, 15) is 19.8 Å². The van der Waals surface area contributed by atoms with Crippen molar-refractivity contribution >= 4 is 40.9 Å². The molecule has 282 valence electrons. The van der Waals surface area contributed by atoms with Crippen LogP contribution in [-0.2, 0) is 30.7 Å². The van der Waals surface area contributed by atoms with Gasteiger partial charge in [0.25, 0.3) is 11.8 Å². The first-order valence-electron chi connectivity index (χ1n) is 18.4. The van der Waals surface area contributed by atoms with Crippen molar-refractivity contribution < 1.29 is 29.3 Å². The van der Waals surface area contributed by atoms with Crippen LogP contribution in [0.1, 0.15) is 48.8 Å². The number of benzene rings is 4. The highest BCUT2D eigenvalue weighted by molar-refractivity contribution is 6.35. The summed E-state index contributed by atoms with van der Waals surface area (Å²) < 4.78 is 7.19. The lowest BCUT2D eigenvalue weighted by Crippen LogP contribution is -2.52. The molecular weight excluding hydrogens is 720 g/mol. The Morgan fingerprint density at radius 3 is 2.27 bits per heavy atom. The van der Waals surface area contributed by atoms with E-state index in [0.717, 1.165) is 29.8 Å². The summed E-state index contributed by atoms with van der Waals surface area (Å²) in [5, 5.41) is 24.8. The molecule has 3 aliphatic heterocycles. The number of carbonyl (C=O) groups excluding carboxylic acids is 2. The van der Waals surface area contributed by atoms with E-state index in [-0.39, 0.29) is 35.0 Å². The van der Waals surface area contributed by atoms with Gasteiger partial charge in [-0.25, -0.2) is 9.48 Å². The summed E-state index contributed by atoms with van der Waals surface area (Å²) in [6.07, 6.45) is 0.113. The van der Waals surface area contributed by atoms with Gasteiger partial charge in [0, 0.05) is 56.7 Å². The van der Waals surface area contributed by atoms with Crippen molar-refractivity contribution in [2.75, 3.05) is 44.3 Å². The van der Waals surface area contributed by atoms with Crippen LogP contribution >= 0.6 is 11.6 Å². The predicted molar refractivity (Wildman–Crippen MR) is 208 cm³/mol. The van der Waals surface area contributed by atoms with Crippen molar-refractivity contribution in [1.29, 1.82) is 0 Å². The molecule has 12 nitrogen and oxygen atoms in total. The van der Waals surface area contributed by atoms with Crippen LogP contribution in [-0.4, -0.2) is 98.0 Å². The van der Waals surface area contributed by atoms with Crippen molar-refractivity contribution in [3.63, 3.8) is 0 Å². The van der Waals surface area contributed by atoms with Crippen molar-refractivity contribution in [2.24, 2.45) is 0 Å². The van der Waals surface area contributed by atoms with Gasteiger partial charge in [-0.05, 0) is 90.6 Å². The highest BCUT2D eigenvalue weighted by atomic mass is 35.5. The third kappa shape index (κ3) is 7.16. The zero-order valence-corrected chi connectivity index (χ0v) is 31.2. The highest BCUT2D eigenvalue weighted by Crippen LogP contribution is 2.35. The van der Waals surface area contributed by atoms with Crippen molar-refractivity contribution in [1.82, 2.24) is 24.5 Å². The van der Waals surface area contributed by atoms with E-state index in [0.29, 0.717) is 74.0 Å². The number of halogens is 1. The van der Waals surface area contributed by atoms with Gasteiger partial charge in [-0.15, -0.1) is 0 Å². The van der Waals surface area contributed by atoms with Gasteiger partial charge in [0.2, 0.25) is 0 Å². The molecular formula is C42H41ClN6O6. The Morgan fingerprint density at radius 1 is 0.855 bits per heavy atom. The Balaban J connectivity index is 1.23. The van der Waals surface area contributed by atoms with Gasteiger partial charge < -0.3 is 24.7 Å². The molecule has 4 aromatic carbocycles. The minimum Gasteiger partial charge on any atom is -0.508 e. The van der Waals surface area contributed by atoms with Crippen LogP contribution in [0.15, 0.2) is 91.0 Å². The SMILES string of the molecule is Cc1c(Cl)c(C(=O)N(c2ccccc2)c2ccc(O)cc2)nn1-c1cc2c(cc1C(=O)N1Cc3ccccc3C[C@H]1CN1CCOCC1)CN(C(=O)O)CC2. The van der Waals surface area contributed by atoms with Crippen LogP contribution in [0.2, 0.25) is 5.02 Å². The molecule has 8 rings (SSSR count). The number of carbonyl (C=O) groups is 3. The molecule has 0 aliphatic carbocycles. The normalized spacial score (nSPS) is 17.0. The number of phenolic OH excluding ortho intramolecular Hbond substituents is 1. The van der Waals surface area contributed by atoms with Crippen LogP contribution in [0.3, 0.4) is 0 Å². The molecule has 0 bridgehead atoms. The number of para-hydroxylation sites is 1. The molecule has 3 amide bonds. The molecule has 1 atom stereocenters. The smallest absolute Gasteiger partial charge is 0.407 e. The van der Waals surface area contributed by atoms with Gasteiger partial charge in [0.15, 0.2) is 5.69 Å². The summed E-state index contributed by atoms with van der Waals surface area (Å²) in [6, 6.07) is 27.2. The number of hydrogen-bond acceptors (Lipinski definition) is 7. The van der Waals surface area contributed by atoms with E-state index in [1.54, 1.807) is 41.9 Å². The van der Waals surface area contributed by atoms with Crippen molar-refractivity contribution in [2.45, 2.75) is 38.9 Å². The van der Waals surface area contributed by atoms with E-state index in [4.69, 9.17) is 21.4 Å². The Bertz CT molecular complexity index is 2250. The van der Waals surface area contributed by atoms with Crippen LogP contribution in [0.5, 0.6) is 5.75 Å². The van der Waals surface area contributed by atoms with E-state index in [1.165, 1.54) is 27.5 Å². The number of anilines is 2. The Hall–Kier alpha value is -5.69. The maximum absolute atomic E-state index is 15.2. The molecule has 0 spiro atoms. The van der Waals surface area contributed by atoms with Crippen LogP contribution in [0, 0.1) is 6.92 Å². The summed E-state index contributed by atoms with van der Waals surface area (Å²) in [7, 11) is 0. The van der Waals surface area contributed by atoms with Crippen LogP contribution in [0.4, 0.5) is 16.2 Å². The fourth-order valence-electron chi connectivity index (χ4n) is 7.85. The first-order valence-corrected chi connectivity index (χ1v) is 18.8. The fourth-order valence-corrected chi connectivity index (χ4v) is 8.05. The number of aromatic nitrogens is 2. The summed E-state index contributed by atoms with van der Waals surface area (Å²) >= 11 is 7.01. The number of carboxylic acid groups (broad SMARTS) is 1. The standard InChI is InChI=1S/C42H41ClN6O6/c1-27-38(43)39(41(52)48(32-9-3-2-4-10-32)33-11-13-35(50)14-12-33)44-49(27)37-23-29-15-16-46(42(53)54)24-31(29)22-36(37)40(51)47-25-30-8-6-5-7-28(30)21-34(47)26-45-17-19-55-20-18-45/h2-14,22-23,34,50H,15-21,24-26H2,1H3,(H,53,54)/t34-/m0/s1. The van der Waals surface area contributed by atoms with E-state index < -0.39 is 12.0 Å².